The van der Waals surface area contributed by atoms with Gasteiger partial charge in [-0.15, -0.1) is 0 Å². The first-order valence-corrected chi connectivity index (χ1v) is 9.62. The number of amides is 2. The number of hydrogen-bond acceptors (Lipinski definition) is 4. The molecule has 0 radical (unpaired) electrons. The molecule has 0 aliphatic carbocycles. The predicted molar refractivity (Wildman–Crippen MR) is 99.5 cm³/mol. The van der Waals surface area contributed by atoms with Crippen LogP contribution in [0.25, 0.3) is 0 Å². The molecule has 0 saturated carbocycles. The Kier molecular flexibility index (Phi) is 6.79. The van der Waals surface area contributed by atoms with E-state index in [1.54, 1.807) is 19.2 Å². The summed E-state index contributed by atoms with van der Waals surface area (Å²) in [5.41, 5.74) is 0.941. The number of ether oxygens (including phenoxy) is 1. The summed E-state index contributed by atoms with van der Waals surface area (Å²) < 4.78 is 18.0. The van der Waals surface area contributed by atoms with Crippen molar-refractivity contribution in [3.8, 4) is 0 Å². The third kappa shape index (κ3) is 5.05. The predicted octanol–water partition coefficient (Wildman–Crippen LogP) is 1.50. The van der Waals surface area contributed by atoms with Gasteiger partial charge in [0.15, 0.2) is 0 Å². The maximum absolute atomic E-state index is 13.1. The van der Waals surface area contributed by atoms with E-state index in [2.05, 4.69) is 4.90 Å². The first kappa shape index (κ1) is 19.8. The fraction of sp³-hybridized carbons (Fsp3) is 0.600. The Balaban J connectivity index is 1.53. The van der Waals surface area contributed by atoms with Gasteiger partial charge in [-0.05, 0) is 30.5 Å². The second-order valence-corrected chi connectivity index (χ2v) is 7.20. The average Bonchev–Trinajstić information content (AvgIpc) is 2.87. The second-order valence-electron chi connectivity index (χ2n) is 7.20. The number of rotatable bonds is 6. The van der Waals surface area contributed by atoms with Crippen LogP contribution in [0.15, 0.2) is 24.3 Å². The highest BCUT2D eigenvalue weighted by molar-refractivity contribution is 5.84. The minimum atomic E-state index is -0.265. The van der Waals surface area contributed by atoms with E-state index in [0.717, 1.165) is 38.0 Å². The zero-order valence-electron chi connectivity index (χ0n) is 15.9. The number of halogens is 1. The Hall–Kier alpha value is -1.99. The molecule has 6 nitrogen and oxygen atoms in total. The Bertz CT molecular complexity index is 652. The molecule has 0 bridgehead atoms. The van der Waals surface area contributed by atoms with Crippen LogP contribution < -0.4 is 0 Å². The molecule has 0 N–H and O–H groups in total. The number of methoxy groups -OCH3 is 1. The van der Waals surface area contributed by atoms with Crippen LogP contribution in [0, 0.1) is 5.82 Å². The standard InChI is InChI=1S/C20H28FN3O3/c1-27-14-8-19(25)23-10-2-9-22(12-13-23)18-7-11-24(20(18)26)15-16-3-5-17(21)6-4-16/h3-6,18H,2,7-15H2,1H3. The third-order valence-electron chi connectivity index (χ3n) is 5.40. The molecule has 0 spiro atoms. The molecule has 2 aliphatic rings. The summed E-state index contributed by atoms with van der Waals surface area (Å²) in [6, 6.07) is 6.20. The van der Waals surface area contributed by atoms with Crippen molar-refractivity contribution in [3.63, 3.8) is 0 Å². The molecule has 3 rings (SSSR count). The van der Waals surface area contributed by atoms with Crippen molar-refractivity contribution in [2.75, 3.05) is 46.4 Å². The topological polar surface area (TPSA) is 53.1 Å². The number of hydrogen-bond donors (Lipinski definition) is 0. The van der Waals surface area contributed by atoms with Crippen molar-refractivity contribution >= 4 is 11.8 Å². The highest BCUT2D eigenvalue weighted by atomic mass is 19.1. The Morgan fingerprint density at radius 1 is 1.15 bits per heavy atom. The van der Waals surface area contributed by atoms with Crippen molar-refractivity contribution in [1.82, 2.24) is 14.7 Å². The van der Waals surface area contributed by atoms with E-state index in [4.69, 9.17) is 4.74 Å². The molecule has 2 fully saturated rings. The van der Waals surface area contributed by atoms with Crippen molar-refractivity contribution in [2.45, 2.75) is 31.8 Å². The Morgan fingerprint density at radius 3 is 2.67 bits per heavy atom. The largest absolute Gasteiger partial charge is 0.384 e. The van der Waals surface area contributed by atoms with Crippen LogP contribution in [0.4, 0.5) is 4.39 Å². The van der Waals surface area contributed by atoms with Crippen LogP contribution in [-0.4, -0.2) is 79.0 Å². The summed E-state index contributed by atoms with van der Waals surface area (Å²) in [6.07, 6.45) is 2.09. The van der Waals surface area contributed by atoms with Gasteiger partial charge in [-0.2, -0.15) is 0 Å². The summed E-state index contributed by atoms with van der Waals surface area (Å²) in [5, 5.41) is 0. The molecule has 1 aromatic carbocycles. The summed E-state index contributed by atoms with van der Waals surface area (Å²) in [6.45, 7) is 4.62. The lowest BCUT2D eigenvalue weighted by atomic mass is 10.2. The van der Waals surface area contributed by atoms with E-state index in [-0.39, 0.29) is 23.7 Å². The van der Waals surface area contributed by atoms with Crippen molar-refractivity contribution in [2.24, 2.45) is 0 Å². The van der Waals surface area contributed by atoms with Crippen LogP contribution >= 0.6 is 0 Å². The van der Waals surface area contributed by atoms with E-state index in [1.165, 1.54) is 12.1 Å². The molecule has 2 amide bonds. The van der Waals surface area contributed by atoms with Gasteiger partial charge >= 0.3 is 0 Å². The number of carbonyl (C=O) groups is 2. The van der Waals surface area contributed by atoms with E-state index in [0.29, 0.717) is 32.7 Å². The van der Waals surface area contributed by atoms with Crippen LogP contribution in [0.5, 0.6) is 0 Å². The molecular weight excluding hydrogens is 349 g/mol. The molecule has 1 unspecified atom stereocenters. The summed E-state index contributed by atoms with van der Waals surface area (Å²) in [4.78, 5) is 31.0. The fourth-order valence-corrected chi connectivity index (χ4v) is 3.87. The van der Waals surface area contributed by atoms with Crippen molar-refractivity contribution in [3.05, 3.63) is 35.6 Å². The van der Waals surface area contributed by atoms with Gasteiger partial charge in [0.1, 0.15) is 5.82 Å². The average molecular weight is 377 g/mol. The normalized spacial score (nSPS) is 21.6. The van der Waals surface area contributed by atoms with Crippen molar-refractivity contribution < 1.29 is 18.7 Å². The lowest BCUT2D eigenvalue weighted by molar-refractivity contribution is -0.132. The molecule has 1 atom stereocenters. The van der Waals surface area contributed by atoms with E-state index < -0.39 is 0 Å². The molecule has 7 heteroatoms. The Morgan fingerprint density at radius 2 is 1.93 bits per heavy atom. The first-order valence-electron chi connectivity index (χ1n) is 9.62. The van der Waals surface area contributed by atoms with Gasteiger partial charge in [0.05, 0.1) is 19.1 Å². The summed E-state index contributed by atoms with van der Waals surface area (Å²) >= 11 is 0. The number of carbonyl (C=O) groups excluding carboxylic acids is 2. The lowest BCUT2D eigenvalue weighted by Crippen LogP contribution is -2.44. The molecular formula is C20H28FN3O3. The van der Waals surface area contributed by atoms with E-state index in [1.807, 2.05) is 9.80 Å². The van der Waals surface area contributed by atoms with Crippen LogP contribution in [0.1, 0.15) is 24.8 Å². The van der Waals surface area contributed by atoms with Gasteiger partial charge in [-0.25, -0.2) is 4.39 Å². The van der Waals surface area contributed by atoms with Gasteiger partial charge in [-0.1, -0.05) is 12.1 Å². The van der Waals surface area contributed by atoms with Crippen LogP contribution in [0.2, 0.25) is 0 Å². The minimum absolute atomic E-state index is 0.112. The van der Waals surface area contributed by atoms with Crippen LogP contribution in [-0.2, 0) is 20.9 Å². The maximum Gasteiger partial charge on any atom is 0.240 e. The van der Waals surface area contributed by atoms with Crippen molar-refractivity contribution in [1.29, 1.82) is 0 Å². The van der Waals surface area contributed by atoms with Gasteiger partial charge in [0.25, 0.3) is 0 Å². The smallest absolute Gasteiger partial charge is 0.240 e. The zero-order valence-corrected chi connectivity index (χ0v) is 15.9. The molecule has 0 aromatic heterocycles. The Labute approximate surface area is 159 Å². The van der Waals surface area contributed by atoms with Gasteiger partial charge in [-0.3, -0.25) is 14.5 Å². The first-order chi connectivity index (χ1) is 13.1. The summed E-state index contributed by atoms with van der Waals surface area (Å²) in [5.74, 6) is -0.00795. The molecule has 148 valence electrons. The van der Waals surface area contributed by atoms with Gasteiger partial charge in [0.2, 0.25) is 11.8 Å². The molecule has 2 aliphatic heterocycles. The second kappa shape index (κ2) is 9.28. The molecule has 2 saturated heterocycles. The number of nitrogens with zero attached hydrogens (tertiary/aromatic N) is 3. The van der Waals surface area contributed by atoms with Gasteiger partial charge in [0, 0.05) is 46.4 Å². The number of benzene rings is 1. The monoisotopic (exact) mass is 377 g/mol. The number of likely N-dealkylation sites (tertiary alicyclic amines) is 1. The third-order valence-corrected chi connectivity index (χ3v) is 5.40. The molecule has 27 heavy (non-hydrogen) atoms. The molecule has 1 aromatic rings. The lowest BCUT2D eigenvalue weighted by Gasteiger charge is -2.26. The van der Waals surface area contributed by atoms with Gasteiger partial charge < -0.3 is 14.5 Å². The fourth-order valence-electron chi connectivity index (χ4n) is 3.87. The SMILES string of the molecule is COCCC(=O)N1CCCN(C2CCN(Cc3ccc(F)cc3)C2=O)CC1. The maximum atomic E-state index is 13.1. The quantitative estimate of drug-likeness (QED) is 0.754. The zero-order chi connectivity index (χ0) is 19.2. The molecule has 2 heterocycles. The van der Waals surface area contributed by atoms with E-state index >= 15 is 0 Å². The minimum Gasteiger partial charge on any atom is -0.384 e. The summed E-state index contributed by atoms with van der Waals surface area (Å²) in [7, 11) is 1.60. The van der Waals surface area contributed by atoms with Crippen LogP contribution in [0.3, 0.4) is 0 Å². The van der Waals surface area contributed by atoms with E-state index in [9.17, 15) is 14.0 Å². The highest BCUT2D eigenvalue weighted by Crippen LogP contribution is 2.21. The highest BCUT2D eigenvalue weighted by Gasteiger charge is 2.36.